The van der Waals surface area contributed by atoms with Gasteiger partial charge in [0.25, 0.3) is 0 Å². The van der Waals surface area contributed by atoms with E-state index >= 15 is 0 Å². The SMILES string of the molecule is CC1CN(C[C@@H](C)O)C(C)CN1. The van der Waals surface area contributed by atoms with Crippen LogP contribution in [0.4, 0.5) is 0 Å². The summed E-state index contributed by atoms with van der Waals surface area (Å²) in [6, 6.07) is 1.11. The largest absolute Gasteiger partial charge is 0.392 e. The standard InChI is InChI=1S/C9H20N2O/c1-7-5-11(6-9(3)12)8(2)4-10-7/h7-10,12H,4-6H2,1-3H3/t7?,8?,9-/m1/s1. The third-order valence-corrected chi connectivity index (χ3v) is 2.39. The Kier molecular flexibility index (Phi) is 3.50. The predicted octanol–water partition coefficient (Wildman–Crippen LogP) is 0.0494. The van der Waals surface area contributed by atoms with E-state index < -0.39 is 0 Å². The number of aliphatic hydroxyl groups excluding tert-OH is 1. The van der Waals surface area contributed by atoms with E-state index in [9.17, 15) is 5.11 Å². The lowest BCUT2D eigenvalue weighted by molar-refractivity contribution is 0.0773. The van der Waals surface area contributed by atoms with Gasteiger partial charge in [-0.3, -0.25) is 4.90 Å². The summed E-state index contributed by atoms with van der Waals surface area (Å²) in [5.41, 5.74) is 0. The first kappa shape index (κ1) is 9.96. The van der Waals surface area contributed by atoms with Gasteiger partial charge in [-0.1, -0.05) is 0 Å². The molecule has 1 aliphatic heterocycles. The summed E-state index contributed by atoms with van der Waals surface area (Å²) in [7, 11) is 0. The van der Waals surface area contributed by atoms with E-state index in [0.717, 1.165) is 19.6 Å². The van der Waals surface area contributed by atoms with Crippen LogP contribution in [0.25, 0.3) is 0 Å². The maximum atomic E-state index is 9.25. The molecule has 0 aromatic carbocycles. The van der Waals surface area contributed by atoms with E-state index in [2.05, 4.69) is 24.1 Å². The molecule has 0 spiro atoms. The van der Waals surface area contributed by atoms with Gasteiger partial charge in [0.15, 0.2) is 0 Å². The Morgan fingerprint density at radius 1 is 1.58 bits per heavy atom. The zero-order chi connectivity index (χ0) is 9.14. The molecule has 2 N–H and O–H groups in total. The molecule has 0 aromatic heterocycles. The van der Waals surface area contributed by atoms with Crippen LogP contribution in [-0.4, -0.2) is 47.8 Å². The normalized spacial score (nSPS) is 35.0. The fourth-order valence-corrected chi connectivity index (χ4v) is 1.69. The fourth-order valence-electron chi connectivity index (χ4n) is 1.69. The lowest BCUT2D eigenvalue weighted by Crippen LogP contribution is -2.55. The molecule has 0 aromatic rings. The Morgan fingerprint density at radius 2 is 2.25 bits per heavy atom. The minimum Gasteiger partial charge on any atom is -0.392 e. The Labute approximate surface area is 74.8 Å². The molecule has 0 saturated carbocycles. The summed E-state index contributed by atoms with van der Waals surface area (Å²) in [4.78, 5) is 2.34. The van der Waals surface area contributed by atoms with Crippen molar-refractivity contribution in [1.29, 1.82) is 0 Å². The average Bonchev–Trinajstić information content (AvgIpc) is 1.96. The number of piperazine rings is 1. The summed E-state index contributed by atoms with van der Waals surface area (Å²) in [6.07, 6.45) is -0.210. The molecule has 1 saturated heterocycles. The molecule has 3 atom stereocenters. The second-order valence-electron chi connectivity index (χ2n) is 3.96. The van der Waals surface area contributed by atoms with Crippen LogP contribution in [0.15, 0.2) is 0 Å². The lowest BCUT2D eigenvalue weighted by Gasteiger charge is -2.38. The molecule has 0 aliphatic carbocycles. The maximum absolute atomic E-state index is 9.25. The van der Waals surface area contributed by atoms with Crippen molar-refractivity contribution in [3.05, 3.63) is 0 Å². The van der Waals surface area contributed by atoms with Gasteiger partial charge in [-0.2, -0.15) is 0 Å². The van der Waals surface area contributed by atoms with Gasteiger partial charge in [-0.15, -0.1) is 0 Å². The average molecular weight is 172 g/mol. The quantitative estimate of drug-likeness (QED) is 0.618. The van der Waals surface area contributed by atoms with E-state index in [1.165, 1.54) is 0 Å². The van der Waals surface area contributed by atoms with Crippen molar-refractivity contribution in [2.75, 3.05) is 19.6 Å². The molecule has 1 fully saturated rings. The Hall–Kier alpha value is -0.120. The van der Waals surface area contributed by atoms with Gasteiger partial charge in [-0.25, -0.2) is 0 Å². The summed E-state index contributed by atoms with van der Waals surface area (Å²) >= 11 is 0. The molecule has 0 radical (unpaired) electrons. The summed E-state index contributed by atoms with van der Waals surface area (Å²) < 4.78 is 0. The molecule has 1 aliphatic rings. The van der Waals surface area contributed by atoms with Gasteiger partial charge in [-0.05, 0) is 20.8 Å². The molecule has 1 rings (SSSR count). The molecule has 72 valence electrons. The van der Waals surface area contributed by atoms with Crippen molar-refractivity contribution < 1.29 is 5.11 Å². The first-order valence-corrected chi connectivity index (χ1v) is 4.75. The van der Waals surface area contributed by atoms with Gasteiger partial charge >= 0.3 is 0 Å². The lowest BCUT2D eigenvalue weighted by atomic mass is 10.1. The van der Waals surface area contributed by atoms with E-state index in [0.29, 0.717) is 12.1 Å². The van der Waals surface area contributed by atoms with Gasteiger partial charge in [0.05, 0.1) is 6.10 Å². The molecule has 3 nitrogen and oxygen atoms in total. The van der Waals surface area contributed by atoms with Crippen molar-refractivity contribution in [2.24, 2.45) is 0 Å². The second kappa shape index (κ2) is 4.21. The van der Waals surface area contributed by atoms with E-state index in [4.69, 9.17) is 0 Å². The van der Waals surface area contributed by atoms with E-state index in [1.807, 2.05) is 6.92 Å². The minimum absolute atomic E-state index is 0.210. The predicted molar refractivity (Wildman–Crippen MR) is 50.2 cm³/mol. The number of nitrogens with one attached hydrogen (secondary N) is 1. The van der Waals surface area contributed by atoms with Crippen LogP contribution in [0.1, 0.15) is 20.8 Å². The molecular weight excluding hydrogens is 152 g/mol. The van der Waals surface area contributed by atoms with Crippen molar-refractivity contribution in [3.8, 4) is 0 Å². The Balaban J connectivity index is 2.38. The van der Waals surface area contributed by atoms with Gasteiger partial charge in [0.1, 0.15) is 0 Å². The van der Waals surface area contributed by atoms with E-state index in [-0.39, 0.29) is 6.10 Å². The highest BCUT2D eigenvalue weighted by Gasteiger charge is 2.22. The number of β-amino-alcohol motifs (C(OH)–C–C–N with tert-alkyl or cyclic N) is 1. The van der Waals surface area contributed by atoms with Crippen LogP contribution >= 0.6 is 0 Å². The Bertz CT molecular complexity index is 136. The summed E-state index contributed by atoms with van der Waals surface area (Å²) in [5.74, 6) is 0. The number of rotatable bonds is 2. The zero-order valence-corrected chi connectivity index (χ0v) is 8.25. The van der Waals surface area contributed by atoms with Gasteiger partial charge < -0.3 is 10.4 Å². The van der Waals surface area contributed by atoms with Crippen LogP contribution in [0.3, 0.4) is 0 Å². The van der Waals surface area contributed by atoms with Crippen molar-refractivity contribution >= 4 is 0 Å². The third kappa shape index (κ3) is 2.73. The highest BCUT2D eigenvalue weighted by atomic mass is 16.3. The highest BCUT2D eigenvalue weighted by Crippen LogP contribution is 2.06. The summed E-state index contributed by atoms with van der Waals surface area (Å²) in [6.45, 7) is 9.11. The van der Waals surface area contributed by atoms with Crippen molar-refractivity contribution in [1.82, 2.24) is 10.2 Å². The van der Waals surface area contributed by atoms with Gasteiger partial charge in [0, 0.05) is 31.7 Å². The molecule has 3 heteroatoms. The monoisotopic (exact) mass is 172 g/mol. The van der Waals surface area contributed by atoms with Crippen molar-refractivity contribution in [3.63, 3.8) is 0 Å². The Morgan fingerprint density at radius 3 is 2.83 bits per heavy atom. The summed E-state index contributed by atoms with van der Waals surface area (Å²) in [5, 5.41) is 12.7. The van der Waals surface area contributed by atoms with Crippen LogP contribution in [0, 0.1) is 0 Å². The fraction of sp³-hybridized carbons (Fsp3) is 1.00. The van der Waals surface area contributed by atoms with Gasteiger partial charge in [0.2, 0.25) is 0 Å². The third-order valence-electron chi connectivity index (χ3n) is 2.39. The topological polar surface area (TPSA) is 35.5 Å². The second-order valence-corrected chi connectivity index (χ2v) is 3.96. The first-order valence-electron chi connectivity index (χ1n) is 4.75. The van der Waals surface area contributed by atoms with Crippen molar-refractivity contribution in [2.45, 2.75) is 39.0 Å². The maximum Gasteiger partial charge on any atom is 0.0639 e. The zero-order valence-electron chi connectivity index (χ0n) is 8.25. The van der Waals surface area contributed by atoms with Crippen LogP contribution in [0.5, 0.6) is 0 Å². The first-order chi connectivity index (χ1) is 5.59. The molecule has 1 heterocycles. The van der Waals surface area contributed by atoms with E-state index in [1.54, 1.807) is 0 Å². The molecule has 12 heavy (non-hydrogen) atoms. The number of nitrogens with zero attached hydrogens (tertiary/aromatic N) is 1. The number of hydrogen-bond acceptors (Lipinski definition) is 3. The minimum atomic E-state index is -0.210. The van der Waals surface area contributed by atoms with Crippen LogP contribution in [-0.2, 0) is 0 Å². The number of hydrogen-bond donors (Lipinski definition) is 2. The molecule has 2 unspecified atom stereocenters. The molecule has 0 bridgehead atoms. The van der Waals surface area contributed by atoms with Crippen LogP contribution in [0.2, 0.25) is 0 Å². The van der Waals surface area contributed by atoms with Crippen LogP contribution < -0.4 is 5.32 Å². The smallest absolute Gasteiger partial charge is 0.0639 e. The number of aliphatic hydroxyl groups is 1. The molecular formula is C9H20N2O. The highest BCUT2D eigenvalue weighted by molar-refractivity contribution is 4.81. The molecule has 0 amide bonds.